The van der Waals surface area contributed by atoms with Crippen LogP contribution < -0.4 is 20.1 Å². The van der Waals surface area contributed by atoms with Gasteiger partial charge in [-0.3, -0.25) is 4.98 Å². The van der Waals surface area contributed by atoms with Gasteiger partial charge in [0, 0.05) is 37.4 Å². The Hall–Kier alpha value is -3.47. The number of aromatic nitrogens is 1. The lowest BCUT2D eigenvalue weighted by Crippen LogP contribution is -2.12. The van der Waals surface area contributed by atoms with Gasteiger partial charge in [-0.05, 0) is 81.4 Å². The highest BCUT2D eigenvalue weighted by atomic mass is 16.7. The first-order valence-corrected chi connectivity index (χ1v) is 15.2. The van der Waals surface area contributed by atoms with Crippen molar-refractivity contribution in [3.63, 3.8) is 0 Å². The van der Waals surface area contributed by atoms with Crippen LogP contribution >= 0.6 is 0 Å². The maximum absolute atomic E-state index is 5.30. The molecule has 228 valence electrons. The summed E-state index contributed by atoms with van der Waals surface area (Å²) in [4.78, 5) is 4.12. The van der Waals surface area contributed by atoms with Gasteiger partial charge in [-0.2, -0.15) is 0 Å². The highest BCUT2D eigenvalue weighted by Crippen LogP contribution is 2.35. The minimum absolute atomic E-state index is 0.367. The van der Waals surface area contributed by atoms with E-state index < -0.39 is 0 Å². The third-order valence-corrected chi connectivity index (χ3v) is 6.37. The van der Waals surface area contributed by atoms with Crippen molar-refractivity contribution in [3.8, 4) is 11.5 Å². The SMILES string of the molecule is C=C(/C=C(\C)NCc1cccnc1)C(CCC)CCC.C=CC(NC)=C(C)C.CC.CCc1cccc2c1OCO2. The van der Waals surface area contributed by atoms with E-state index >= 15 is 0 Å². The molecule has 0 saturated heterocycles. The highest BCUT2D eigenvalue weighted by molar-refractivity contribution is 5.48. The fraction of sp³-hybridized carbons (Fsp3) is 0.472. The van der Waals surface area contributed by atoms with Crippen molar-refractivity contribution in [1.82, 2.24) is 15.6 Å². The summed E-state index contributed by atoms with van der Waals surface area (Å²) in [5.41, 5.74) is 7.23. The third kappa shape index (κ3) is 15.2. The largest absolute Gasteiger partial charge is 0.454 e. The lowest BCUT2D eigenvalue weighted by molar-refractivity contribution is 0.173. The van der Waals surface area contributed by atoms with Crippen molar-refractivity contribution in [1.29, 1.82) is 0 Å². The second kappa shape index (κ2) is 23.3. The standard InChI is InChI=1S/C18H28N2.C9H10O2.C7H13N.C2H6/c1-5-8-18(9-6-2)15(3)12-16(4)20-14-17-10-7-11-19-13-17;1-2-7-4-3-5-8-9(7)11-6-10-8;1-5-7(8-4)6(2)3;1-2/h7,10-13,18,20H,3,5-6,8-9,14H2,1-2,4H3;3-5H,2,6H2,1H3;5,8H,1H2,2-4H3;1-2H3/b16-12+;;;. The third-order valence-electron chi connectivity index (χ3n) is 6.37. The van der Waals surface area contributed by atoms with E-state index in [2.05, 4.69) is 74.7 Å². The smallest absolute Gasteiger partial charge is 0.231 e. The van der Waals surface area contributed by atoms with Crippen LogP contribution in [0.2, 0.25) is 0 Å². The fourth-order valence-electron chi connectivity index (χ4n) is 4.23. The molecule has 0 bridgehead atoms. The lowest BCUT2D eigenvalue weighted by atomic mass is 9.90. The Bertz CT molecular complexity index is 1050. The zero-order valence-electron chi connectivity index (χ0n) is 27.4. The van der Waals surface area contributed by atoms with E-state index in [1.165, 1.54) is 53.7 Å². The molecule has 1 aromatic heterocycles. The van der Waals surface area contributed by atoms with E-state index in [-0.39, 0.29) is 0 Å². The number of nitrogens with one attached hydrogen (secondary N) is 2. The zero-order valence-corrected chi connectivity index (χ0v) is 27.4. The Labute approximate surface area is 251 Å². The average molecular weight is 564 g/mol. The number of fused-ring (bicyclic) bond motifs is 1. The van der Waals surface area contributed by atoms with Crippen molar-refractivity contribution >= 4 is 0 Å². The second-order valence-corrected chi connectivity index (χ2v) is 9.76. The summed E-state index contributed by atoms with van der Waals surface area (Å²) in [5.74, 6) is 2.43. The molecule has 0 spiro atoms. The molecule has 0 unspecified atom stereocenters. The lowest BCUT2D eigenvalue weighted by Gasteiger charge is -2.17. The molecule has 0 saturated carbocycles. The van der Waals surface area contributed by atoms with Crippen LogP contribution in [0.25, 0.3) is 0 Å². The van der Waals surface area contributed by atoms with Gasteiger partial charge in [0.2, 0.25) is 6.79 Å². The van der Waals surface area contributed by atoms with Crippen LogP contribution in [-0.4, -0.2) is 18.8 Å². The monoisotopic (exact) mass is 563 g/mol. The molecular weight excluding hydrogens is 506 g/mol. The maximum atomic E-state index is 5.30. The van der Waals surface area contributed by atoms with Crippen molar-refractivity contribution in [3.05, 3.63) is 102 Å². The summed E-state index contributed by atoms with van der Waals surface area (Å²) in [7, 11) is 1.89. The number of rotatable bonds is 12. The summed E-state index contributed by atoms with van der Waals surface area (Å²) in [6.45, 7) is 25.9. The van der Waals surface area contributed by atoms with Crippen LogP contribution in [0, 0.1) is 5.92 Å². The number of pyridine rings is 1. The summed E-state index contributed by atoms with van der Waals surface area (Å²) in [6, 6.07) is 10.0. The van der Waals surface area contributed by atoms with Crippen LogP contribution in [0.5, 0.6) is 11.5 Å². The Morgan fingerprint density at radius 1 is 1.02 bits per heavy atom. The van der Waals surface area contributed by atoms with E-state index in [0.717, 1.165) is 30.2 Å². The fourth-order valence-corrected chi connectivity index (χ4v) is 4.23. The minimum Gasteiger partial charge on any atom is -0.454 e. The van der Waals surface area contributed by atoms with E-state index in [1.54, 1.807) is 6.20 Å². The predicted molar refractivity (Wildman–Crippen MR) is 178 cm³/mol. The van der Waals surface area contributed by atoms with Gasteiger partial charge in [0.15, 0.2) is 11.5 Å². The van der Waals surface area contributed by atoms with Gasteiger partial charge >= 0.3 is 0 Å². The molecule has 2 aromatic rings. The Morgan fingerprint density at radius 3 is 2.20 bits per heavy atom. The number of aryl methyl sites for hydroxylation is 1. The molecule has 0 fully saturated rings. The molecule has 3 rings (SSSR count). The zero-order chi connectivity index (χ0) is 31.0. The first kappa shape index (κ1) is 37.5. The highest BCUT2D eigenvalue weighted by Gasteiger charge is 2.15. The summed E-state index contributed by atoms with van der Waals surface area (Å²) in [5, 5.41) is 6.44. The van der Waals surface area contributed by atoms with Crippen molar-refractivity contribution in [2.75, 3.05) is 13.8 Å². The molecule has 0 amide bonds. The van der Waals surface area contributed by atoms with Crippen molar-refractivity contribution in [2.24, 2.45) is 5.92 Å². The number of likely N-dealkylation sites (N-methyl/N-ethyl adjacent to an activating group) is 1. The first-order chi connectivity index (χ1) is 19.8. The second-order valence-electron chi connectivity index (χ2n) is 9.76. The van der Waals surface area contributed by atoms with Crippen LogP contribution in [-0.2, 0) is 13.0 Å². The van der Waals surface area contributed by atoms with Crippen LogP contribution in [0.15, 0.2) is 90.6 Å². The Morgan fingerprint density at radius 2 is 1.71 bits per heavy atom. The molecular formula is C36H57N3O2. The number of para-hydroxylation sites is 1. The van der Waals surface area contributed by atoms with Gasteiger partial charge in [-0.1, -0.05) is 90.0 Å². The summed E-state index contributed by atoms with van der Waals surface area (Å²) < 4.78 is 10.5. The van der Waals surface area contributed by atoms with Crippen LogP contribution in [0.4, 0.5) is 0 Å². The molecule has 5 heteroatoms. The van der Waals surface area contributed by atoms with Gasteiger partial charge in [0.25, 0.3) is 0 Å². The van der Waals surface area contributed by atoms with Gasteiger partial charge in [0.05, 0.1) is 0 Å². The van der Waals surface area contributed by atoms with Crippen LogP contribution in [0.3, 0.4) is 0 Å². The molecule has 1 aliphatic rings. The minimum atomic E-state index is 0.367. The molecule has 1 aromatic carbocycles. The molecule has 1 aliphatic heterocycles. The number of hydrogen-bond donors (Lipinski definition) is 2. The van der Waals surface area contributed by atoms with Gasteiger partial charge in [0.1, 0.15) is 0 Å². The van der Waals surface area contributed by atoms with E-state index in [0.29, 0.717) is 12.7 Å². The number of nitrogens with zero attached hydrogens (tertiary/aromatic N) is 1. The number of benzene rings is 1. The van der Waals surface area contributed by atoms with Crippen molar-refractivity contribution in [2.45, 2.75) is 94.0 Å². The van der Waals surface area contributed by atoms with E-state index in [9.17, 15) is 0 Å². The first-order valence-electron chi connectivity index (χ1n) is 15.2. The molecule has 5 nitrogen and oxygen atoms in total. The normalized spacial score (nSPS) is 11.0. The van der Waals surface area contributed by atoms with E-state index in [1.807, 2.05) is 65.2 Å². The summed E-state index contributed by atoms with van der Waals surface area (Å²) >= 11 is 0. The molecule has 0 radical (unpaired) electrons. The van der Waals surface area contributed by atoms with Crippen LogP contribution in [0.1, 0.15) is 92.2 Å². The Kier molecular flexibility index (Phi) is 21.3. The maximum Gasteiger partial charge on any atom is 0.231 e. The Balaban J connectivity index is 0.000000636. The van der Waals surface area contributed by atoms with E-state index in [4.69, 9.17) is 9.47 Å². The van der Waals surface area contributed by atoms with Gasteiger partial charge in [-0.25, -0.2) is 0 Å². The quantitative estimate of drug-likeness (QED) is 0.252. The number of hydrogen-bond acceptors (Lipinski definition) is 5. The topological polar surface area (TPSA) is 55.4 Å². The number of ether oxygens (including phenoxy) is 2. The summed E-state index contributed by atoms with van der Waals surface area (Å²) in [6.07, 6.45) is 13.6. The van der Waals surface area contributed by atoms with Gasteiger partial charge in [-0.15, -0.1) is 0 Å². The molecule has 0 atom stereocenters. The van der Waals surface area contributed by atoms with Crippen molar-refractivity contribution < 1.29 is 9.47 Å². The molecule has 0 aliphatic carbocycles. The van der Waals surface area contributed by atoms with Gasteiger partial charge < -0.3 is 20.1 Å². The molecule has 41 heavy (non-hydrogen) atoms. The molecule has 2 heterocycles. The number of allylic oxidation sites excluding steroid dienone is 5. The molecule has 2 N–H and O–H groups in total. The average Bonchev–Trinajstić information content (AvgIpc) is 3.48. The predicted octanol–water partition coefficient (Wildman–Crippen LogP) is 9.54.